The third-order valence-electron chi connectivity index (χ3n) is 3.61. The van der Waals surface area contributed by atoms with Crippen LogP contribution in [0.5, 0.6) is 0 Å². The van der Waals surface area contributed by atoms with Gasteiger partial charge < -0.3 is 4.74 Å². The van der Waals surface area contributed by atoms with Crippen molar-refractivity contribution >= 4 is 33.2 Å². The number of rotatable bonds is 3. The summed E-state index contributed by atoms with van der Waals surface area (Å²) < 4.78 is 32.6. The summed E-state index contributed by atoms with van der Waals surface area (Å²) in [5.41, 5.74) is 0.944. The Morgan fingerprint density at radius 1 is 1.22 bits per heavy atom. The van der Waals surface area contributed by atoms with Crippen LogP contribution in [0.3, 0.4) is 0 Å². The minimum absolute atomic E-state index is 0.0283. The van der Waals surface area contributed by atoms with Crippen LogP contribution in [-0.2, 0) is 14.8 Å². The Labute approximate surface area is 144 Å². The standard InChI is InChI=1S/C15H14Cl2N2O3S/c16-13-8-12(9-18-15(13)17)23(20,21)19-6-7-22-14(10-19)11-4-2-1-3-5-11/h1-5,8-9,14H,6-7,10H2. The topological polar surface area (TPSA) is 59.5 Å². The summed E-state index contributed by atoms with van der Waals surface area (Å²) in [7, 11) is -3.69. The van der Waals surface area contributed by atoms with E-state index < -0.39 is 10.0 Å². The maximum absolute atomic E-state index is 12.8. The van der Waals surface area contributed by atoms with E-state index in [1.54, 1.807) is 0 Å². The molecular formula is C15H14Cl2N2O3S. The van der Waals surface area contributed by atoms with Crippen LogP contribution in [0.2, 0.25) is 10.2 Å². The summed E-state index contributed by atoms with van der Waals surface area (Å²) in [5, 5.41) is 0.190. The van der Waals surface area contributed by atoms with E-state index in [1.165, 1.54) is 16.6 Å². The number of halogens is 2. The number of aromatic nitrogens is 1. The van der Waals surface area contributed by atoms with E-state index in [0.717, 1.165) is 5.56 Å². The van der Waals surface area contributed by atoms with Crippen molar-refractivity contribution in [2.45, 2.75) is 11.0 Å². The predicted molar refractivity (Wildman–Crippen MR) is 88.2 cm³/mol. The first-order chi connectivity index (χ1) is 11.0. The molecule has 2 aromatic rings. The number of hydrogen-bond donors (Lipinski definition) is 0. The van der Waals surface area contributed by atoms with Gasteiger partial charge in [-0.2, -0.15) is 4.31 Å². The maximum atomic E-state index is 12.8. The minimum Gasteiger partial charge on any atom is -0.371 e. The number of pyridine rings is 1. The fourth-order valence-corrected chi connectivity index (χ4v) is 4.14. The lowest BCUT2D eigenvalue weighted by Crippen LogP contribution is -2.42. The van der Waals surface area contributed by atoms with Crippen LogP contribution in [-0.4, -0.2) is 37.4 Å². The SMILES string of the molecule is O=S(=O)(c1cnc(Cl)c(Cl)c1)N1CCOC(c2ccccc2)C1. The zero-order valence-corrected chi connectivity index (χ0v) is 14.4. The predicted octanol–water partition coefficient (Wildman–Crippen LogP) is 3.15. The molecule has 1 aliphatic heterocycles. The van der Waals surface area contributed by atoms with Gasteiger partial charge in [-0.1, -0.05) is 53.5 Å². The van der Waals surface area contributed by atoms with Crippen molar-refractivity contribution in [2.24, 2.45) is 0 Å². The highest BCUT2D eigenvalue weighted by molar-refractivity contribution is 7.89. The van der Waals surface area contributed by atoms with Gasteiger partial charge in [0, 0.05) is 19.3 Å². The van der Waals surface area contributed by atoms with E-state index in [4.69, 9.17) is 27.9 Å². The van der Waals surface area contributed by atoms with Gasteiger partial charge in [0.2, 0.25) is 10.0 Å². The smallest absolute Gasteiger partial charge is 0.244 e. The van der Waals surface area contributed by atoms with Crippen molar-refractivity contribution in [1.29, 1.82) is 0 Å². The lowest BCUT2D eigenvalue weighted by molar-refractivity contribution is -0.00255. The Morgan fingerprint density at radius 2 is 1.96 bits per heavy atom. The molecule has 122 valence electrons. The lowest BCUT2D eigenvalue weighted by atomic mass is 10.1. The molecule has 1 fully saturated rings. The van der Waals surface area contributed by atoms with E-state index >= 15 is 0 Å². The highest BCUT2D eigenvalue weighted by Gasteiger charge is 2.32. The van der Waals surface area contributed by atoms with Crippen molar-refractivity contribution in [1.82, 2.24) is 9.29 Å². The summed E-state index contributed by atoms with van der Waals surface area (Å²) in [6.45, 7) is 0.853. The maximum Gasteiger partial charge on any atom is 0.244 e. The van der Waals surface area contributed by atoms with Crippen LogP contribution < -0.4 is 0 Å². The molecule has 0 spiro atoms. The van der Waals surface area contributed by atoms with E-state index in [-0.39, 0.29) is 34.3 Å². The van der Waals surface area contributed by atoms with Gasteiger partial charge >= 0.3 is 0 Å². The molecule has 0 saturated carbocycles. The first-order valence-electron chi connectivity index (χ1n) is 6.96. The molecule has 3 rings (SSSR count). The average Bonchev–Trinajstić information content (AvgIpc) is 2.58. The Kier molecular flexibility index (Phi) is 4.89. The molecule has 1 atom stereocenters. The summed E-state index contributed by atoms with van der Waals surface area (Å²) in [6.07, 6.45) is 0.923. The molecule has 2 heterocycles. The molecule has 1 aliphatic rings. The monoisotopic (exact) mass is 372 g/mol. The molecule has 0 amide bonds. The van der Waals surface area contributed by atoms with Crippen LogP contribution in [0, 0.1) is 0 Å². The van der Waals surface area contributed by atoms with Crippen LogP contribution in [0.15, 0.2) is 47.5 Å². The molecule has 1 unspecified atom stereocenters. The number of nitrogens with zero attached hydrogens (tertiary/aromatic N) is 2. The number of morpholine rings is 1. The van der Waals surface area contributed by atoms with Gasteiger partial charge in [-0.25, -0.2) is 13.4 Å². The van der Waals surface area contributed by atoms with Crippen molar-refractivity contribution in [3.63, 3.8) is 0 Å². The second kappa shape index (κ2) is 6.75. The number of sulfonamides is 1. The van der Waals surface area contributed by atoms with E-state index in [1.807, 2.05) is 30.3 Å². The molecule has 0 aliphatic carbocycles. The quantitative estimate of drug-likeness (QED) is 0.776. The summed E-state index contributed by atoms with van der Waals surface area (Å²) in [6, 6.07) is 10.9. The molecule has 0 N–H and O–H groups in total. The number of benzene rings is 1. The molecule has 23 heavy (non-hydrogen) atoms. The van der Waals surface area contributed by atoms with E-state index in [2.05, 4.69) is 4.98 Å². The zero-order valence-electron chi connectivity index (χ0n) is 12.0. The fraction of sp³-hybridized carbons (Fsp3) is 0.267. The van der Waals surface area contributed by atoms with Gasteiger partial charge in [-0.15, -0.1) is 0 Å². The Morgan fingerprint density at radius 3 is 2.65 bits per heavy atom. The summed E-state index contributed by atoms with van der Waals surface area (Å²) in [4.78, 5) is 3.84. The molecule has 0 bridgehead atoms. The molecule has 1 aromatic carbocycles. The van der Waals surface area contributed by atoms with Crippen molar-refractivity contribution in [2.75, 3.05) is 19.7 Å². The van der Waals surface area contributed by atoms with Gasteiger partial charge in [0.1, 0.15) is 10.0 Å². The van der Waals surface area contributed by atoms with Gasteiger partial charge in [-0.3, -0.25) is 0 Å². The van der Waals surface area contributed by atoms with E-state index in [9.17, 15) is 8.42 Å². The number of ether oxygens (including phenoxy) is 1. The van der Waals surface area contributed by atoms with Gasteiger partial charge in [0.15, 0.2) is 0 Å². The van der Waals surface area contributed by atoms with Crippen molar-refractivity contribution < 1.29 is 13.2 Å². The Hall–Kier alpha value is -1.18. The summed E-state index contributed by atoms with van der Waals surface area (Å²) >= 11 is 11.6. The third kappa shape index (κ3) is 3.51. The highest BCUT2D eigenvalue weighted by Crippen LogP contribution is 2.28. The first kappa shape index (κ1) is 16.7. The Balaban J connectivity index is 1.86. The lowest BCUT2D eigenvalue weighted by Gasteiger charge is -2.32. The molecule has 5 nitrogen and oxygen atoms in total. The van der Waals surface area contributed by atoms with Gasteiger partial charge in [0.25, 0.3) is 0 Å². The molecule has 8 heteroatoms. The highest BCUT2D eigenvalue weighted by atomic mass is 35.5. The minimum atomic E-state index is -3.69. The van der Waals surface area contributed by atoms with Crippen LogP contribution in [0.4, 0.5) is 0 Å². The van der Waals surface area contributed by atoms with Crippen LogP contribution in [0.25, 0.3) is 0 Å². The fourth-order valence-electron chi connectivity index (χ4n) is 2.41. The molecule has 1 saturated heterocycles. The average molecular weight is 373 g/mol. The molecular weight excluding hydrogens is 359 g/mol. The van der Waals surface area contributed by atoms with Crippen molar-refractivity contribution in [3.05, 3.63) is 58.3 Å². The molecule has 0 radical (unpaired) electrons. The van der Waals surface area contributed by atoms with E-state index in [0.29, 0.717) is 6.61 Å². The van der Waals surface area contributed by atoms with Crippen molar-refractivity contribution in [3.8, 4) is 0 Å². The summed E-state index contributed by atoms with van der Waals surface area (Å²) in [5.74, 6) is 0. The third-order valence-corrected chi connectivity index (χ3v) is 6.13. The second-order valence-electron chi connectivity index (χ2n) is 5.08. The second-order valence-corrected chi connectivity index (χ2v) is 7.78. The normalized spacial score (nSPS) is 19.7. The van der Waals surface area contributed by atoms with Gasteiger partial charge in [0.05, 0.1) is 17.7 Å². The van der Waals surface area contributed by atoms with Crippen LogP contribution in [0.1, 0.15) is 11.7 Å². The largest absolute Gasteiger partial charge is 0.371 e. The van der Waals surface area contributed by atoms with Gasteiger partial charge in [-0.05, 0) is 11.6 Å². The first-order valence-corrected chi connectivity index (χ1v) is 9.16. The number of hydrogen-bond acceptors (Lipinski definition) is 4. The van der Waals surface area contributed by atoms with Crippen LogP contribution >= 0.6 is 23.2 Å². The zero-order chi connectivity index (χ0) is 16.4. The Bertz CT molecular complexity index is 800. The molecule has 1 aromatic heterocycles.